The average molecular weight is 344 g/mol. The number of carbonyl (C=O) groups excluding carboxylic acids is 1. The Labute approximate surface area is 144 Å². The summed E-state index contributed by atoms with van der Waals surface area (Å²) < 4.78 is 7.24. The number of amides is 1. The first kappa shape index (κ1) is 16.3. The van der Waals surface area contributed by atoms with Crippen LogP contribution in [0.4, 0.5) is 16.3 Å². The molecule has 0 saturated carbocycles. The molecule has 0 radical (unpaired) electrons. The molecular weight excluding hydrogens is 324 g/mol. The van der Waals surface area contributed by atoms with Crippen LogP contribution in [-0.4, -0.2) is 28.1 Å². The van der Waals surface area contributed by atoms with Crippen LogP contribution >= 0.6 is 11.3 Å². The second-order valence-corrected chi connectivity index (χ2v) is 7.37. The number of nitrogens with zero attached hydrogens (tertiary/aromatic N) is 2. The van der Waals surface area contributed by atoms with E-state index in [4.69, 9.17) is 4.74 Å². The largest absolute Gasteiger partial charge is 0.444 e. The Kier molecular flexibility index (Phi) is 4.19. The van der Waals surface area contributed by atoms with E-state index >= 15 is 0 Å². The molecule has 1 aromatic carbocycles. The first-order valence-corrected chi connectivity index (χ1v) is 8.42. The first-order valence-electron chi connectivity index (χ1n) is 7.61. The minimum absolute atomic E-state index is 0.454. The van der Waals surface area contributed by atoms with E-state index in [-0.39, 0.29) is 0 Å². The summed E-state index contributed by atoms with van der Waals surface area (Å²) in [5.74, 6) is 0.852. The monoisotopic (exact) mass is 344 g/mol. The maximum Gasteiger partial charge on any atom is 0.412 e. The third kappa shape index (κ3) is 3.68. The van der Waals surface area contributed by atoms with E-state index in [1.54, 1.807) is 11.3 Å². The number of hydrogen-bond acceptors (Lipinski definition) is 5. The highest BCUT2D eigenvalue weighted by molar-refractivity contribution is 7.20. The number of aromatic nitrogens is 2. The molecule has 3 rings (SSSR count). The summed E-state index contributed by atoms with van der Waals surface area (Å²) >= 11 is 1.61. The smallest absolute Gasteiger partial charge is 0.412 e. The molecule has 24 heavy (non-hydrogen) atoms. The zero-order chi connectivity index (χ0) is 17.3. The quantitative estimate of drug-likeness (QED) is 0.736. The molecule has 2 N–H and O–H groups in total. The van der Waals surface area contributed by atoms with Gasteiger partial charge in [0.2, 0.25) is 0 Å². The van der Waals surface area contributed by atoms with Gasteiger partial charge in [-0.05, 0) is 38.5 Å². The van der Waals surface area contributed by atoms with E-state index < -0.39 is 11.7 Å². The first-order chi connectivity index (χ1) is 11.3. The zero-order valence-electron chi connectivity index (χ0n) is 14.1. The second-order valence-electron chi connectivity index (χ2n) is 6.37. The van der Waals surface area contributed by atoms with Crippen LogP contribution in [0, 0.1) is 0 Å². The van der Waals surface area contributed by atoms with Gasteiger partial charge in [0.05, 0.1) is 11.1 Å². The van der Waals surface area contributed by atoms with Gasteiger partial charge < -0.3 is 10.1 Å². The SMILES string of the molecule is CNc1cn2cc(-c3ccc(NC(=O)OC(C)(C)C)cc3)sc2n1. The summed E-state index contributed by atoms with van der Waals surface area (Å²) in [4.78, 5) is 18.3. The highest BCUT2D eigenvalue weighted by Gasteiger charge is 2.16. The number of thiazole rings is 1. The van der Waals surface area contributed by atoms with Gasteiger partial charge in [0.25, 0.3) is 0 Å². The van der Waals surface area contributed by atoms with Crippen molar-refractivity contribution < 1.29 is 9.53 Å². The number of nitrogens with one attached hydrogen (secondary N) is 2. The van der Waals surface area contributed by atoms with Crippen molar-refractivity contribution in [1.29, 1.82) is 0 Å². The maximum absolute atomic E-state index is 11.8. The lowest BCUT2D eigenvalue weighted by Crippen LogP contribution is -2.27. The fourth-order valence-corrected chi connectivity index (χ4v) is 3.16. The molecule has 0 aliphatic heterocycles. The molecule has 0 saturated heterocycles. The van der Waals surface area contributed by atoms with Crippen LogP contribution in [0.1, 0.15) is 20.8 Å². The summed E-state index contributed by atoms with van der Waals surface area (Å²) in [7, 11) is 1.85. The third-order valence-electron chi connectivity index (χ3n) is 3.23. The molecule has 2 heterocycles. The maximum atomic E-state index is 11.8. The van der Waals surface area contributed by atoms with Crippen molar-refractivity contribution in [3.63, 3.8) is 0 Å². The minimum Gasteiger partial charge on any atom is -0.444 e. The molecule has 7 heteroatoms. The van der Waals surface area contributed by atoms with Gasteiger partial charge in [0.1, 0.15) is 11.4 Å². The molecule has 3 aromatic rings. The minimum atomic E-state index is -0.512. The Morgan fingerprint density at radius 1 is 1.21 bits per heavy atom. The predicted molar refractivity (Wildman–Crippen MR) is 97.9 cm³/mol. The number of hydrogen-bond donors (Lipinski definition) is 2. The molecule has 0 unspecified atom stereocenters. The number of carbonyl (C=O) groups is 1. The molecule has 0 bridgehead atoms. The van der Waals surface area contributed by atoms with E-state index in [2.05, 4.69) is 15.6 Å². The summed E-state index contributed by atoms with van der Waals surface area (Å²) in [5, 5.41) is 5.76. The number of ether oxygens (including phenoxy) is 1. The van der Waals surface area contributed by atoms with E-state index in [1.165, 1.54) is 0 Å². The Bertz CT molecular complexity index is 827. The van der Waals surface area contributed by atoms with Gasteiger partial charge in [-0.2, -0.15) is 0 Å². The number of rotatable bonds is 3. The van der Waals surface area contributed by atoms with Crippen LogP contribution in [0.5, 0.6) is 0 Å². The number of fused-ring (bicyclic) bond motifs is 1. The van der Waals surface area contributed by atoms with Crippen LogP contribution in [0.3, 0.4) is 0 Å². The summed E-state index contributed by atoms with van der Waals surface area (Å²) in [5.41, 5.74) is 1.26. The third-order valence-corrected chi connectivity index (χ3v) is 4.27. The Morgan fingerprint density at radius 2 is 1.92 bits per heavy atom. The predicted octanol–water partition coefficient (Wildman–Crippen LogP) is 4.45. The number of imidazole rings is 1. The van der Waals surface area contributed by atoms with Crippen LogP contribution in [0.15, 0.2) is 36.7 Å². The Hall–Kier alpha value is -2.54. The molecule has 0 fully saturated rings. The molecule has 0 aliphatic carbocycles. The highest BCUT2D eigenvalue weighted by atomic mass is 32.1. The summed E-state index contributed by atoms with van der Waals surface area (Å²) in [6, 6.07) is 7.66. The molecule has 0 aliphatic rings. The molecule has 6 nitrogen and oxygen atoms in total. The van der Waals surface area contributed by atoms with Crippen molar-refractivity contribution in [3.8, 4) is 10.4 Å². The molecular formula is C17H20N4O2S. The van der Waals surface area contributed by atoms with Crippen molar-refractivity contribution in [2.45, 2.75) is 26.4 Å². The number of anilines is 2. The van der Waals surface area contributed by atoms with E-state index in [0.717, 1.165) is 21.2 Å². The molecule has 2 aromatic heterocycles. The van der Waals surface area contributed by atoms with Crippen molar-refractivity contribution >= 4 is 33.9 Å². The molecule has 0 atom stereocenters. The van der Waals surface area contributed by atoms with Crippen LogP contribution in [-0.2, 0) is 4.74 Å². The fourth-order valence-electron chi connectivity index (χ4n) is 2.19. The normalized spacial score (nSPS) is 11.5. The van der Waals surface area contributed by atoms with Crippen LogP contribution in [0.25, 0.3) is 15.4 Å². The molecule has 0 spiro atoms. The van der Waals surface area contributed by atoms with Gasteiger partial charge in [-0.15, -0.1) is 0 Å². The van der Waals surface area contributed by atoms with E-state index in [9.17, 15) is 4.79 Å². The van der Waals surface area contributed by atoms with Crippen molar-refractivity contribution in [1.82, 2.24) is 9.38 Å². The van der Waals surface area contributed by atoms with Crippen molar-refractivity contribution in [3.05, 3.63) is 36.7 Å². The van der Waals surface area contributed by atoms with Crippen molar-refractivity contribution in [2.24, 2.45) is 0 Å². The van der Waals surface area contributed by atoms with Gasteiger partial charge in [0.15, 0.2) is 4.96 Å². The molecule has 126 valence electrons. The second kappa shape index (κ2) is 6.16. The van der Waals surface area contributed by atoms with Crippen LogP contribution in [0.2, 0.25) is 0 Å². The number of benzene rings is 1. The van der Waals surface area contributed by atoms with Crippen molar-refractivity contribution in [2.75, 3.05) is 17.7 Å². The summed E-state index contributed by atoms with van der Waals surface area (Å²) in [6.07, 6.45) is 3.54. The zero-order valence-corrected chi connectivity index (χ0v) is 14.9. The molecule has 1 amide bonds. The van der Waals surface area contributed by atoms with Gasteiger partial charge in [-0.1, -0.05) is 23.5 Å². The fraction of sp³-hybridized carbons (Fsp3) is 0.294. The highest BCUT2D eigenvalue weighted by Crippen LogP contribution is 2.30. The lowest BCUT2D eigenvalue weighted by Gasteiger charge is -2.19. The van der Waals surface area contributed by atoms with Gasteiger partial charge in [0, 0.05) is 18.9 Å². The van der Waals surface area contributed by atoms with Gasteiger partial charge >= 0.3 is 6.09 Å². The van der Waals surface area contributed by atoms with E-state index in [1.807, 2.05) is 68.9 Å². The Morgan fingerprint density at radius 3 is 2.50 bits per heavy atom. The average Bonchev–Trinajstić information content (AvgIpc) is 3.04. The Balaban J connectivity index is 1.73. The van der Waals surface area contributed by atoms with Gasteiger partial charge in [-0.3, -0.25) is 9.72 Å². The lowest BCUT2D eigenvalue weighted by atomic mass is 10.2. The van der Waals surface area contributed by atoms with Gasteiger partial charge in [-0.25, -0.2) is 9.78 Å². The topological polar surface area (TPSA) is 67.7 Å². The summed E-state index contributed by atoms with van der Waals surface area (Å²) in [6.45, 7) is 5.51. The standard InChI is InChI=1S/C17H20N4O2S/c1-17(2,3)23-16(22)19-12-7-5-11(6-8-12)13-9-21-10-14(18-4)20-15(21)24-13/h5-10,18H,1-4H3,(H,19,22). The van der Waals surface area contributed by atoms with E-state index in [0.29, 0.717) is 5.69 Å². The van der Waals surface area contributed by atoms with Crippen LogP contribution < -0.4 is 10.6 Å². The lowest BCUT2D eigenvalue weighted by molar-refractivity contribution is 0.0636.